The number of unbranched alkanes of at least 4 members (excludes halogenated alkanes) is 1. The summed E-state index contributed by atoms with van der Waals surface area (Å²) < 4.78 is 5.86. The molecule has 18 heavy (non-hydrogen) atoms. The van der Waals surface area contributed by atoms with Crippen molar-refractivity contribution in [3.63, 3.8) is 0 Å². The number of hydrazine groups is 1. The van der Waals surface area contributed by atoms with Gasteiger partial charge in [-0.25, -0.2) is 0 Å². The van der Waals surface area contributed by atoms with E-state index in [1.54, 1.807) is 0 Å². The van der Waals surface area contributed by atoms with Gasteiger partial charge < -0.3 is 4.74 Å². The molecule has 0 aliphatic heterocycles. The lowest BCUT2D eigenvalue weighted by Crippen LogP contribution is -2.53. The second kappa shape index (κ2) is 8.13. The summed E-state index contributed by atoms with van der Waals surface area (Å²) >= 11 is 0. The zero-order chi connectivity index (χ0) is 13.4. The summed E-state index contributed by atoms with van der Waals surface area (Å²) in [5, 5.41) is 0. The molecule has 0 spiro atoms. The fourth-order valence-corrected chi connectivity index (χ4v) is 3.42. The number of methoxy groups -OCH3 is 1. The van der Waals surface area contributed by atoms with Crippen molar-refractivity contribution in [1.82, 2.24) is 5.43 Å². The molecule has 0 saturated heterocycles. The number of hydrogen-bond donors (Lipinski definition) is 2. The highest BCUT2D eigenvalue weighted by Crippen LogP contribution is 2.38. The van der Waals surface area contributed by atoms with Gasteiger partial charge in [0, 0.05) is 7.11 Å². The first kappa shape index (κ1) is 15.9. The normalized spacial score (nSPS) is 22.0. The molecule has 108 valence electrons. The third-order valence-electron chi connectivity index (χ3n) is 4.80. The number of ether oxygens (including phenoxy) is 1. The molecule has 1 fully saturated rings. The Balaban J connectivity index is 2.58. The highest BCUT2D eigenvalue weighted by atomic mass is 16.5. The van der Waals surface area contributed by atoms with E-state index in [9.17, 15) is 0 Å². The first-order chi connectivity index (χ1) is 8.72. The van der Waals surface area contributed by atoms with Gasteiger partial charge in [-0.3, -0.25) is 11.3 Å². The van der Waals surface area contributed by atoms with Crippen LogP contribution in [0.25, 0.3) is 0 Å². The molecule has 1 aliphatic rings. The number of nitrogens with two attached hydrogens (primary N) is 1. The third-order valence-corrected chi connectivity index (χ3v) is 4.80. The van der Waals surface area contributed by atoms with E-state index in [0.29, 0.717) is 6.04 Å². The molecule has 3 nitrogen and oxygen atoms in total. The lowest BCUT2D eigenvalue weighted by molar-refractivity contribution is -0.0422. The Morgan fingerprint density at radius 2 is 1.94 bits per heavy atom. The highest BCUT2D eigenvalue weighted by molar-refractivity contribution is 4.96. The van der Waals surface area contributed by atoms with Crippen LogP contribution in [0.2, 0.25) is 0 Å². The summed E-state index contributed by atoms with van der Waals surface area (Å²) in [6.45, 7) is 4.56. The van der Waals surface area contributed by atoms with Crippen LogP contribution in [0.3, 0.4) is 0 Å². The fourth-order valence-electron chi connectivity index (χ4n) is 3.42. The van der Waals surface area contributed by atoms with Crippen molar-refractivity contribution in [3.8, 4) is 0 Å². The summed E-state index contributed by atoms with van der Waals surface area (Å²) in [5.74, 6) is 6.59. The maximum atomic E-state index is 5.86. The van der Waals surface area contributed by atoms with E-state index in [4.69, 9.17) is 10.6 Å². The highest BCUT2D eigenvalue weighted by Gasteiger charge is 2.41. The molecule has 0 heterocycles. The smallest absolute Gasteiger partial charge is 0.0844 e. The van der Waals surface area contributed by atoms with Crippen LogP contribution in [0.5, 0.6) is 0 Å². The van der Waals surface area contributed by atoms with Gasteiger partial charge in [0.15, 0.2) is 0 Å². The summed E-state index contributed by atoms with van der Waals surface area (Å²) in [6.07, 6.45) is 11.2. The Morgan fingerprint density at radius 1 is 1.28 bits per heavy atom. The average molecular weight is 256 g/mol. The van der Waals surface area contributed by atoms with Gasteiger partial charge >= 0.3 is 0 Å². The Kier molecular flexibility index (Phi) is 7.20. The molecule has 0 aromatic heterocycles. The molecule has 2 unspecified atom stereocenters. The van der Waals surface area contributed by atoms with E-state index in [2.05, 4.69) is 19.3 Å². The Hall–Kier alpha value is -0.120. The van der Waals surface area contributed by atoms with E-state index in [1.807, 2.05) is 7.11 Å². The molecular weight excluding hydrogens is 224 g/mol. The van der Waals surface area contributed by atoms with Gasteiger partial charge in [-0.1, -0.05) is 52.4 Å². The second-order valence-corrected chi connectivity index (χ2v) is 5.85. The predicted octanol–water partition coefficient (Wildman–Crippen LogP) is 3.38. The molecule has 1 saturated carbocycles. The van der Waals surface area contributed by atoms with Gasteiger partial charge in [0.1, 0.15) is 0 Å². The number of nitrogens with one attached hydrogen (secondary N) is 1. The fraction of sp³-hybridized carbons (Fsp3) is 1.00. The van der Waals surface area contributed by atoms with Crippen LogP contribution in [-0.4, -0.2) is 18.8 Å². The molecule has 0 amide bonds. The SMILES string of the molecule is CCCCC(CC)CC(NN)C1(OC)CCCC1. The topological polar surface area (TPSA) is 47.3 Å². The van der Waals surface area contributed by atoms with Crippen LogP contribution in [0, 0.1) is 5.92 Å². The summed E-state index contributed by atoms with van der Waals surface area (Å²) in [5.41, 5.74) is 3.05. The zero-order valence-corrected chi connectivity index (χ0v) is 12.5. The van der Waals surface area contributed by atoms with Crippen molar-refractivity contribution < 1.29 is 4.74 Å². The second-order valence-electron chi connectivity index (χ2n) is 5.85. The number of rotatable bonds is 9. The van der Waals surface area contributed by atoms with Crippen molar-refractivity contribution >= 4 is 0 Å². The monoisotopic (exact) mass is 256 g/mol. The zero-order valence-electron chi connectivity index (χ0n) is 12.5. The summed E-state index contributed by atoms with van der Waals surface area (Å²) in [6, 6.07) is 0.312. The van der Waals surface area contributed by atoms with E-state index in [-0.39, 0.29) is 5.60 Å². The maximum absolute atomic E-state index is 5.86. The maximum Gasteiger partial charge on any atom is 0.0844 e. The first-order valence-corrected chi connectivity index (χ1v) is 7.73. The van der Waals surface area contributed by atoms with E-state index >= 15 is 0 Å². The Labute approximate surface area is 113 Å². The van der Waals surface area contributed by atoms with Crippen LogP contribution < -0.4 is 11.3 Å². The minimum Gasteiger partial charge on any atom is -0.377 e. The predicted molar refractivity (Wildman–Crippen MR) is 77.2 cm³/mol. The summed E-state index contributed by atoms with van der Waals surface area (Å²) in [4.78, 5) is 0. The van der Waals surface area contributed by atoms with Crippen molar-refractivity contribution in [3.05, 3.63) is 0 Å². The minimum atomic E-state index is -0.00557. The number of hydrogen-bond acceptors (Lipinski definition) is 3. The Bertz CT molecular complexity index is 215. The van der Waals surface area contributed by atoms with Crippen molar-refractivity contribution in [2.45, 2.75) is 83.3 Å². The lowest BCUT2D eigenvalue weighted by atomic mass is 9.83. The van der Waals surface area contributed by atoms with E-state index < -0.39 is 0 Å². The average Bonchev–Trinajstić information content (AvgIpc) is 2.89. The van der Waals surface area contributed by atoms with Crippen LogP contribution in [0.4, 0.5) is 0 Å². The molecule has 1 rings (SSSR count). The molecule has 0 bridgehead atoms. The van der Waals surface area contributed by atoms with E-state index in [0.717, 1.165) is 25.2 Å². The Morgan fingerprint density at radius 3 is 2.39 bits per heavy atom. The molecule has 3 N–H and O–H groups in total. The molecule has 0 radical (unpaired) electrons. The van der Waals surface area contributed by atoms with Gasteiger partial charge in [-0.2, -0.15) is 0 Å². The quantitative estimate of drug-likeness (QED) is 0.491. The molecule has 0 aromatic rings. The molecule has 2 atom stereocenters. The minimum absolute atomic E-state index is 0.00557. The van der Waals surface area contributed by atoms with Gasteiger partial charge in [-0.05, 0) is 25.2 Å². The molecular formula is C15H32N2O. The largest absolute Gasteiger partial charge is 0.377 e. The van der Waals surface area contributed by atoms with Crippen LogP contribution in [0.1, 0.15) is 71.6 Å². The van der Waals surface area contributed by atoms with Gasteiger partial charge in [0.2, 0.25) is 0 Å². The first-order valence-electron chi connectivity index (χ1n) is 7.73. The molecule has 1 aliphatic carbocycles. The van der Waals surface area contributed by atoms with Gasteiger partial charge in [0.25, 0.3) is 0 Å². The van der Waals surface area contributed by atoms with Crippen molar-refractivity contribution in [1.29, 1.82) is 0 Å². The van der Waals surface area contributed by atoms with Crippen LogP contribution in [-0.2, 0) is 4.74 Å². The van der Waals surface area contributed by atoms with Crippen molar-refractivity contribution in [2.24, 2.45) is 11.8 Å². The summed E-state index contributed by atoms with van der Waals surface area (Å²) in [7, 11) is 1.85. The van der Waals surface area contributed by atoms with Gasteiger partial charge in [-0.15, -0.1) is 0 Å². The van der Waals surface area contributed by atoms with Crippen LogP contribution >= 0.6 is 0 Å². The lowest BCUT2D eigenvalue weighted by Gasteiger charge is -2.37. The standard InChI is InChI=1S/C15H32N2O/c1-4-6-9-13(5-2)12-14(17-16)15(18-3)10-7-8-11-15/h13-14,17H,4-12,16H2,1-3H3. The molecule has 0 aromatic carbocycles. The third kappa shape index (κ3) is 3.94. The van der Waals surface area contributed by atoms with Crippen LogP contribution in [0.15, 0.2) is 0 Å². The van der Waals surface area contributed by atoms with E-state index in [1.165, 1.54) is 38.5 Å². The van der Waals surface area contributed by atoms with Gasteiger partial charge in [0.05, 0.1) is 11.6 Å². The van der Waals surface area contributed by atoms with Crippen molar-refractivity contribution in [2.75, 3.05) is 7.11 Å². The molecule has 3 heteroatoms.